The number of hydrogen-bond acceptors (Lipinski definition) is 2. The van der Waals surface area contributed by atoms with Crippen LogP contribution in [0.2, 0.25) is 0 Å². The van der Waals surface area contributed by atoms with E-state index in [4.69, 9.17) is 4.74 Å². The molecule has 0 aliphatic rings. The fourth-order valence-electron chi connectivity index (χ4n) is 6.48. The van der Waals surface area contributed by atoms with E-state index in [1.54, 1.807) is 0 Å². The van der Waals surface area contributed by atoms with Gasteiger partial charge in [0.15, 0.2) is 0 Å². The molecular weight excluding hydrogens is 585 g/mol. The fraction of sp³-hybridized carbons (Fsp3) is 0.848. The van der Waals surface area contributed by atoms with Crippen molar-refractivity contribution in [3.8, 4) is 0 Å². The van der Waals surface area contributed by atoms with Crippen LogP contribution in [0.15, 0.2) is 36.5 Å². The van der Waals surface area contributed by atoms with Gasteiger partial charge in [-0.2, -0.15) is 0 Å². The van der Waals surface area contributed by atoms with Gasteiger partial charge in [-0.15, -0.1) is 0 Å². The molecule has 1 atom stereocenters. The minimum Gasteiger partial charge on any atom is -0.466 e. The molecule has 0 radical (unpaired) electrons. The zero-order chi connectivity index (χ0) is 34.9. The Morgan fingerprint density at radius 3 is 1.29 bits per heavy atom. The summed E-state index contributed by atoms with van der Waals surface area (Å²) < 4.78 is 5.46. The largest absolute Gasteiger partial charge is 0.466 e. The van der Waals surface area contributed by atoms with Gasteiger partial charge in [-0.25, -0.2) is 0 Å². The Kier molecular flexibility index (Phi) is 40.7. The number of carbonyl (C=O) groups excluding carboxylic acids is 1. The Morgan fingerprint density at radius 2 is 0.833 bits per heavy atom. The maximum absolute atomic E-state index is 12.0. The lowest BCUT2D eigenvalue weighted by Gasteiger charge is -2.07. The molecule has 0 saturated heterocycles. The topological polar surface area (TPSA) is 26.3 Å². The average molecular weight is 671 g/mol. The van der Waals surface area contributed by atoms with E-state index in [2.05, 4.69) is 57.2 Å². The van der Waals surface area contributed by atoms with Crippen molar-refractivity contribution in [2.75, 3.05) is 6.61 Å². The van der Waals surface area contributed by atoms with Gasteiger partial charge in [-0.05, 0) is 50.9 Å². The van der Waals surface area contributed by atoms with Crippen LogP contribution in [0.5, 0.6) is 0 Å². The summed E-state index contributed by atoms with van der Waals surface area (Å²) in [7, 11) is 0. The first-order valence-corrected chi connectivity index (χ1v) is 21.8. The molecule has 0 aromatic rings. The van der Waals surface area contributed by atoms with Crippen LogP contribution in [0.25, 0.3) is 0 Å². The second kappa shape index (κ2) is 41.9. The van der Waals surface area contributed by atoms with E-state index in [9.17, 15) is 4.79 Å². The molecule has 0 spiro atoms. The van der Waals surface area contributed by atoms with E-state index in [0.717, 1.165) is 44.4 Å². The third-order valence-corrected chi connectivity index (χ3v) is 10.1. The lowest BCUT2D eigenvalue weighted by molar-refractivity contribution is -0.143. The van der Waals surface area contributed by atoms with Crippen LogP contribution >= 0.6 is 0 Å². The number of rotatable bonds is 39. The Balaban J connectivity index is 3.20. The van der Waals surface area contributed by atoms with Gasteiger partial charge < -0.3 is 4.74 Å². The first kappa shape index (κ1) is 46.7. The number of ether oxygens (including phenoxy) is 1. The number of unbranched alkanes of at least 4 members (excludes halogenated alkanes) is 26. The molecule has 0 aliphatic heterocycles. The first-order valence-electron chi connectivity index (χ1n) is 21.8. The Morgan fingerprint density at radius 1 is 0.458 bits per heavy atom. The lowest BCUT2D eigenvalue weighted by atomic mass is 9.99. The lowest BCUT2D eigenvalue weighted by Crippen LogP contribution is -2.05. The van der Waals surface area contributed by atoms with Crippen molar-refractivity contribution in [3.05, 3.63) is 36.5 Å². The van der Waals surface area contributed by atoms with E-state index in [1.807, 2.05) is 0 Å². The molecule has 282 valence electrons. The highest BCUT2D eigenvalue weighted by Crippen LogP contribution is 2.17. The summed E-state index contributed by atoms with van der Waals surface area (Å²) in [6.45, 7) is 7.51. The minimum absolute atomic E-state index is 0.00954. The summed E-state index contributed by atoms with van der Waals surface area (Å²) in [5.41, 5.74) is 0. The molecule has 0 aromatic heterocycles. The van der Waals surface area contributed by atoms with Crippen LogP contribution in [0.4, 0.5) is 0 Å². The first-order chi connectivity index (χ1) is 23.7. The Labute approximate surface area is 302 Å². The second-order valence-corrected chi connectivity index (χ2v) is 14.9. The van der Waals surface area contributed by atoms with Crippen molar-refractivity contribution >= 4 is 5.97 Å². The van der Waals surface area contributed by atoms with E-state index in [1.165, 1.54) is 173 Å². The van der Waals surface area contributed by atoms with Crippen molar-refractivity contribution in [2.45, 2.75) is 239 Å². The van der Waals surface area contributed by atoms with E-state index in [0.29, 0.717) is 13.0 Å². The molecule has 0 aliphatic carbocycles. The van der Waals surface area contributed by atoms with E-state index in [-0.39, 0.29) is 5.97 Å². The molecule has 0 aromatic carbocycles. The maximum Gasteiger partial charge on any atom is 0.305 e. The molecule has 0 N–H and O–H groups in total. The summed E-state index contributed by atoms with van der Waals surface area (Å²) in [6, 6.07) is 0. The van der Waals surface area contributed by atoms with Crippen molar-refractivity contribution in [1.29, 1.82) is 0 Å². The third kappa shape index (κ3) is 40.9. The van der Waals surface area contributed by atoms with Gasteiger partial charge >= 0.3 is 5.97 Å². The monoisotopic (exact) mass is 671 g/mol. The highest BCUT2D eigenvalue weighted by atomic mass is 16.5. The standard InChI is InChI=1S/C46H86O2/c1-4-6-7-8-9-10-11-12-21-25-28-31-34-37-40-43-46(47)48-44-41-38-35-32-29-26-23-20-18-16-14-13-15-17-19-22-24-27-30-33-36-39-42-45(3)5-2/h6-7,9-10,12,21,45H,4-5,8,11,13-20,22-44H2,1-3H3/b7-6-,10-9-,21-12-. The molecule has 0 amide bonds. The maximum atomic E-state index is 12.0. The molecule has 0 bridgehead atoms. The smallest absolute Gasteiger partial charge is 0.305 e. The summed E-state index contributed by atoms with van der Waals surface area (Å²) in [5, 5.41) is 0. The third-order valence-electron chi connectivity index (χ3n) is 10.1. The number of allylic oxidation sites excluding steroid dienone is 6. The van der Waals surface area contributed by atoms with Crippen LogP contribution in [-0.4, -0.2) is 12.6 Å². The summed E-state index contributed by atoms with van der Waals surface area (Å²) in [4.78, 5) is 12.0. The predicted octanol–water partition coefficient (Wildman–Crippen LogP) is 16.1. The fourth-order valence-corrected chi connectivity index (χ4v) is 6.48. The number of esters is 1. The van der Waals surface area contributed by atoms with Crippen LogP contribution in [-0.2, 0) is 9.53 Å². The quantitative estimate of drug-likeness (QED) is 0.0369. The van der Waals surface area contributed by atoms with E-state index >= 15 is 0 Å². The molecule has 1 unspecified atom stereocenters. The van der Waals surface area contributed by atoms with Crippen molar-refractivity contribution in [2.24, 2.45) is 5.92 Å². The number of hydrogen-bond donors (Lipinski definition) is 0. The van der Waals surface area contributed by atoms with Gasteiger partial charge in [0.2, 0.25) is 0 Å². The predicted molar refractivity (Wildman–Crippen MR) is 216 cm³/mol. The zero-order valence-corrected chi connectivity index (χ0v) is 33.1. The van der Waals surface area contributed by atoms with Crippen LogP contribution in [0, 0.1) is 5.92 Å². The highest BCUT2D eigenvalue weighted by Gasteiger charge is 2.03. The van der Waals surface area contributed by atoms with Crippen molar-refractivity contribution < 1.29 is 9.53 Å². The zero-order valence-electron chi connectivity index (χ0n) is 33.1. The van der Waals surface area contributed by atoms with Crippen molar-refractivity contribution in [1.82, 2.24) is 0 Å². The molecular formula is C46H86O2. The highest BCUT2D eigenvalue weighted by molar-refractivity contribution is 5.69. The molecule has 48 heavy (non-hydrogen) atoms. The molecule has 2 heteroatoms. The summed E-state index contributed by atoms with van der Waals surface area (Å²) >= 11 is 0. The number of carbonyl (C=O) groups is 1. The van der Waals surface area contributed by atoms with Crippen LogP contribution in [0.3, 0.4) is 0 Å². The van der Waals surface area contributed by atoms with Gasteiger partial charge in [-0.3, -0.25) is 4.79 Å². The van der Waals surface area contributed by atoms with Gasteiger partial charge in [-0.1, -0.05) is 224 Å². The SMILES string of the molecule is CC/C=C\C/C=C\C/C=C\CCCCCCCC(=O)OCCCCCCCCCCCCCCCCCCCCCCCCC(C)CC. The van der Waals surface area contributed by atoms with Gasteiger partial charge in [0.1, 0.15) is 0 Å². The van der Waals surface area contributed by atoms with E-state index < -0.39 is 0 Å². The van der Waals surface area contributed by atoms with Crippen molar-refractivity contribution in [3.63, 3.8) is 0 Å². The normalized spacial score (nSPS) is 12.6. The van der Waals surface area contributed by atoms with Gasteiger partial charge in [0.25, 0.3) is 0 Å². The molecule has 0 saturated carbocycles. The molecule has 2 nitrogen and oxygen atoms in total. The van der Waals surface area contributed by atoms with Crippen LogP contribution in [0.1, 0.15) is 239 Å². The Hall–Kier alpha value is -1.31. The Bertz CT molecular complexity index is 705. The van der Waals surface area contributed by atoms with Crippen LogP contribution < -0.4 is 0 Å². The molecule has 0 heterocycles. The second-order valence-electron chi connectivity index (χ2n) is 14.9. The average Bonchev–Trinajstić information content (AvgIpc) is 3.09. The summed E-state index contributed by atoms with van der Waals surface area (Å²) in [5.74, 6) is 0.944. The van der Waals surface area contributed by atoms with Gasteiger partial charge in [0, 0.05) is 6.42 Å². The molecule has 0 rings (SSSR count). The van der Waals surface area contributed by atoms with Gasteiger partial charge in [0.05, 0.1) is 6.61 Å². The molecule has 0 fully saturated rings. The summed E-state index contributed by atoms with van der Waals surface area (Å²) in [6.07, 6.45) is 58.1. The minimum atomic E-state index is 0.00954.